The van der Waals surface area contributed by atoms with Crippen molar-refractivity contribution < 1.29 is 9.32 Å². The largest absolute Gasteiger partial charge is 0.339 e. The standard InChI is InChI=1S/C20H28N6O2/c1-24-13-20(12-16(24)17-21-18(28-23-17)14-4-3-5-14)7-10-26(11-8-20)19(27)15-6-9-25(2)22-15/h6,9,14,16H,3-5,7-8,10-13H2,1-2H3. The molecule has 1 amide bonds. The molecule has 2 aromatic rings. The SMILES string of the molecule is CN1CC2(CCN(C(=O)c3ccn(C)n3)CC2)CC1c1noc(C2CCC2)n1. The zero-order valence-electron chi connectivity index (χ0n) is 16.7. The van der Waals surface area contributed by atoms with Crippen molar-refractivity contribution in [2.45, 2.75) is 50.5 Å². The predicted molar refractivity (Wildman–Crippen MR) is 102 cm³/mol. The summed E-state index contributed by atoms with van der Waals surface area (Å²) in [5.41, 5.74) is 0.771. The number of aryl methyl sites for hydroxylation is 1. The van der Waals surface area contributed by atoms with Crippen LogP contribution in [0.5, 0.6) is 0 Å². The van der Waals surface area contributed by atoms with E-state index in [-0.39, 0.29) is 17.4 Å². The van der Waals surface area contributed by atoms with Crippen molar-refractivity contribution in [1.82, 2.24) is 29.7 Å². The summed E-state index contributed by atoms with van der Waals surface area (Å²) in [6.07, 6.45) is 8.50. The lowest BCUT2D eigenvalue weighted by molar-refractivity contribution is 0.0587. The van der Waals surface area contributed by atoms with E-state index in [0.29, 0.717) is 11.6 Å². The molecule has 1 unspecified atom stereocenters. The van der Waals surface area contributed by atoms with E-state index in [4.69, 9.17) is 9.51 Å². The second kappa shape index (κ2) is 6.69. The van der Waals surface area contributed by atoms with Gasteiger partial charge in [-0.1, -0.05) is 11.6 Å². The van der Waals surface area contributed by atoms with Crippen molar-refractivity contribution in [2.75, 3.05) is 26.7 Å². The van der Waals surface area contributed by atoms with Crippen LogP contribution in [0.15, 0.2) is 16.8 Å². The van der Waals surface area contributed by atoms with E-state index in [9.17, 15) is 4.79 Å². The van der Waals surface area contributed by atoms with Gasteiger partial charge in [-0.3, -0.25) is 14.4 Å². The zero-order valence-corrected chi connectivity index (χ0v) is 16.7. The molecular weight excluding hydrogens is 356 g/mol. The smallest absolute Gasteiger partial charge is 0.274 e. The number of amides is 1. The number of nitrogens with zero attached hydrogens (tertiary/aromatic N) is 6. The Bertz CT molecular complexity index is 862. The Labute approximate surface area is 164 Å². The van der Waals surface area contributed by atoms with E-state index >= 15 is 0 Å². The summed E-state index contributed by atoms with van der Waals surface area (Å²) in [6, 6.07) is 2.01. The van der Waals surface area contributed by atoms with Gasteiger partial charge in [-0.05, 0) is 50.6 Å². The van der Waals surface area contributed by atoms with Crippen LogP contribution in [0.25, 0.3) is 0 Å². The zero-order chi connectivity index (χ0) is 19.3. The minimum absolute atomic E-state index is 0.0432. The average Bonchev–Trinajstić information content (AvgIpc) is 3.34. The normalized spacial score (nSPS) is 25.4. The van der Waals surface area contributed by atoms with Gasteiger partial charge in [-0.2, -0.15) is 10.1 Å². The molecule has 3 aliphatic rings. The van der Waals surface area contributed by atoms with E-state index in [0.717, 1.165) is 50.6 Å². The van der Waals surface area contributed by atoms with Crippen LogP contribution in [0, 0.1) is 5.41 Å². The maximum atomic E-state index is 12.7. The molecule has 0 bridgehead atoms. The van der Waals surface area contributed by atoms with Crippen molar-refractivity contribution in [3.8, 4) is 0 Å². The molecule has 1 aliphatic carbocycles. The van der Waals surface area contributed by atoms with Gasteiger partial charge in [0.2, 0.25) is 5.89 Å². The van der Waals surface area contributed by atoms with Crippen molar-refractivity contribution >= 4 is 5.91 Å². The highest BCUT2D eigenvalue weighted by atomic mass is 16.5. The van der Waals surface area contributed by atoms with E-state index < -0.39 is 0 Å². The molecule has 3 fully saturated rings. The molecule has 28 heavy (non-hydrogen) atoms. The fourth-order valence-corrected chi connectivity index (χ4v) is 5.00. The topological polar surface area (TPSA) is 80.3 Å². The van der Waals surface area contributed by atoms with Crippen LogP contribution in [0.3, 0.4) is 0 Å². The molecule has 150 valence electrons. The Kier molecular flexibility index (Phi) is 4.26. The fraction of sp³-hybridized carbons (Fsp3) is 0.700. The van der Waals surface area contributed by atoms with Gasteiger partial charge in [-0.25, -0.2) is 0 Å². The number of carbonyl (C=O) groups is 1. The van der Waals surface area contributed by atoms with Crippen LogP contribution >= 0.6 is 0 Å². The van der Waals surface area contributed by atoms with Crippen LogP contribution in [-0.4, -0.2) is 62.3 Å². The highest BCUT2D eigenvalue weighted by Crippen LogP contribution is 2.48. The fourth-order valence-electron chi connectivity index (χ4n) is 5.00. The second-order valence-corrected chi connectivity index (χ2v) is 8.92. The molecule has 4 heterocycles. The number of piperidine rings is 1. The summed E-state index contributed by atoms with van der Waals surface area (Å²) in [7, 11) is 4.00. The average molecular weight is 384 g/mol. The quantitative estimate of drug-likeness (QED) is 0.808. The van der Waals surface area contributed by atoms with E-state index in [2.05, 4.69) is 22.2 Å². The van der Waals surface area contributed by atoms with Gasteiger partial charge in [0.15, 0.2) is 5.82 Å². The van der Waals surface area contributed by atoms with Gasteiger partial charge < -0.3 is 9.42 Å². The molecule has 8 nitrogen and oxygen atoms in total. The number of hydrogen-bond donors (Lipinski definition) is 0. The van der Waals surface area contributed by atoms with Crippen molar-refractivity contribution in [2.24, 2.45) is 12.5 Å². The Hall–Kier alpha value is -2.22. The molecule has 0 aromatic carbocycles. The maximum absolute atomic E-state index is 12.7. The molecule has 0 N–H and O–H groups in total. The molecule has 2 aromatic heterocycles. The summed E-state index contributed by atoms with van der Waals surface area (Å²) in [4.78, 5) is 21.7. The molecule has 1 atom stereocenters. The summed E-state index contributed by atoms with van der Waals surface area (Å²) in [6.45, 7) is 2.60. The van der Waals surface area contributed by atoms with Crippen molar-refractivity contribution in [1.29, 1.82) is 0 Å². The lowest BCUT2D eigenvalue weighted by Crippen LogP contribution is -2.44. The lowest BCUT2D eigenvalue weighted by atomic mass is 9.76. The maximum Gasteiger partial charge on any atom is 0.274 e. The highest BCUT2D eigenvalue weighted by molar-refractivity contribution is 5.92. The molecule has 0 radical (unpaired) electrons. The summed E-state index contributed by atoms with van der Waals surface area (Å²) in [5.74, 6) is 2.18. The second-order valence-electron chi connectivity index (χ2n) is 8.92. The molecule has 2 saturated heterocycles. The number of likely N-dealkylation sites (tertiary alicyclic amines) is 2. The first-order chi connectivity index (χ1) is 13.5. The number of rotatable bonds is 3. The summed E-state index contributed by atoms with van der Waals surface area (Å²) >= 11 is 0. The Morgan fingerprint density at radius 2 is 2.04 bits per heavy atom. The molecule has 5 rings (SSSR count). The van der Waals surface area contributed by atoms with Gasteiger partial charge >= 0.3 is 0 Å². The monoisotopic (exact) mass is 384 g/mol. The van der Waals surface area contributed by atoms with Crippen molar-refractivity contribution in [3.05, 3.63) is 29.7 Å². The number of carbonyl (C=O) groups excluding carboxylic acids is 1. The number of hydrogen-bond acceptors (Lipinski definition) is 6. The van der Waals surface area contributed by atoms with Crippen LogP contribution in [0.2, 0.25) is 0 Å². The van der Waals surface area contributed by atoms with Crippen molar-refractivity contribution in [3.63, 3.8) is 0 Å². The Morgan fingerprint density at radius 1 is 1.25 bits per heavy atom. The molecule has 1 saturated carbocycles. The molecular formula is C20H28N6O2. The van der Waals surface area contributed by atoms with Gasteiger partial charge in [0.25, 0.3) is 5.91 Å². The molecule has 8 heteroatoms. The first-order valence-electron chi connectivity index (χ1n) is 10.4. The molecule has 1 spiro atoms. The first kappa shape index (κ1) is 17.8. The summed E-state index contributed by atoms with van der Waals surface area (Å²) in [5, 5.41) is 8.57. The van der Waals surface area contributed by atoms with E-state index in [1.807, 2.05) is 18.1 Å². The van der Waals surface area contributed by atoms with Gasteiger partial charge in [0.05, 0.1) is 6.04 Å². The highest BCUT2D eigenvalue weighted by Gasteiger charge is 2.47. The lowest BCUT2D eigenvalue weighted by Gasteiger charge is -2.39. The summed E-state index contributed by atoms with van der Waals surface area (Å²) < 4.78 is 7.23. The number of aromatic nitrogens is 4. The predicted octanol–water partition coefficient (Wildman–Crippen LogP) is 2.37. The third-order valence-corrected chi connectivity index (χ3v) is 7.00. The van der Waals surface area contributed by atoms with Crippen LogP contribution in [-0.2, 0) is 7.05 Å². The van der Waals surface area contributed by atoms with Crippen LogP contribution in [0.1, 0.15) is 72.7 Å². The third-order valence-electron chi connectivity index (χ3n) is 7.00. The van der Waals surface area contributed by atoms with Crippen LogP contribution in [0.4, 0.5) is 0 Å². The van der Waals surface area contributed by atoms with Gasteiger partial charge in [-0.15, -0.1) is 0 Å². The Morgan fingerprint density at radius 3 is 2.68 bits per heavy atom. The third kappa shape index (κ3) is 3.03. The van der Waals surface area contributed by atoms with E-state index in [1.54, 1.807) is 10.7 Å². The Balaban J connectivity index is 1.24. The van der Waals surface area contributed by atoms with Gasteiger partial charge in [0.1, 0.15) is 5.69 Å². The first-order valence-corrected chi connectivity index (χ1v) is 10.4. The van der Waals surface area contributed by atoms with E-state index in [1.165, 1.54) is 19.3 Å². The minimum atomic E-state index is 0.0432. The molecule has 2 aliphatic heterocycles. The van der Waals surface area contributed by atoms with Crippen LogP contribution < -0.4 is 0 Å². The minimum Gasteiger partial charge on any atom is -0.339 e. The van der Waals surface area contributed by atoms with Gasteiger partial charge in [0, 0.05) is 38.8 Å².